The number of aliphatic hydroxyl groups excluding tert-OH is 14. The van der Waals surface area contributed by atoms with Gasteiger partial charge in [0.25, 0.3) is 0 Å². The Kier molecular flexibility index (Phi) is 12.9. The van der Waals surface area contributed by atoms with E-state index >= 15 is 0 Å². The van der Waals surface area contributed by atoms with Gasteiger partial charge in [0.05, 0.1) is 33.0 Å². The Labute approximate surface area is 267 Å². The SMILES string of the molecule is OCC1O[C@@H](O[C@]2(CO[C@@]3(COCC[C@]4(CO)O[C@H](CO)C(O)[C@H]4O)O[C@H](CO)C(O)[C@H]3O)O[C@H](CO)C(O)[C@H]2O)C(O)[C@@H](O)[C@@H]1O. The number of ether oxygens (including phenoxy) is 7. The molecule has 0 aromatic rings. The summed E-state index contributed by atoms with van der Waals surface area (Å²) in [5.74, 6) is -5.00. The molecule has 0 saturated carbocycles. The zero-order chi connectivity index (χ0) is 34.9. The van der Waals surface area contributed by atoms with Gasteiger partial charge in [0.2, 0.25) is 11.6 Å². The van der Waals surface area contributed by atoms with Crippen molar-refractivity contribution in [3.63, 3.8) is 0 Å². The van der Waals surface area contributed by atoms with E-state index in [1.807, 2.05) is 0 Å². The van der Waals surface area contributed by atoms with Crippen molar-refractivity contribution >= 4 is 0 Å². The van der Waals surface area contributed by atoms with Crippen LogP contribution in [0.3, 0.4) is 0 Å². The van der Waals surface area contributed by atoms with Gasteiger partial charge in [-0.15, -0.1) is 0 Å². The zero-order valence-electron chi connectivity index (χ0n) is 25.1. The van der Waals surface area contributed by atoms with Crippen LogP contribution in [0, 0.1) is 0 Å². The van der Waals surface area contributed by atoms with Crippen molar-refractivity contribution in [2.45, 2.75) is 109 Å². The van der Waals surface area contributed by atoms with Crippen LogP contribution in [0.4, 0.5) is 0 Å². The second-order valence-electron chi connectivity index (χ2n) is 12.1. The Morgan fingerprint density at radius 3 is 1.53 bits per heavy atom. The third-order valence-corrected chi connectivity index (χ3v) is 9.10. The van der Waals surface area contributed by atoms with E-state index in [0.717, 1.165) is 0 Å². The van der Waals surface area contributed by atoms with E-state index in [1.54, 1.807) is 0 Å². The van der Waals surface area contributed by atoms with Crippen molar-refractivity contribution < 1.29 is 105 Å². The summed E-state index contributed by atoms with van der Waals surface area (Å²) in [6.45, 7) is -6.22. The third-order valence-electron chi connectivity index (χ3n) is 9.10. The summed E-state index contributed by atoms with van der Waals surface area (Å²) in [7, 11) is 0. The van der Waals surface area contributed by atoms with Crippen LogP contribution in [0.25, 0.3) is 0 Å². The Morgan fingerprint density at radius 1 is 0.511 bits per heavy atom. The number of aliphatic hydroxyl groups is 14. The van der Waals surface area contributed by atoms with Gasteiger partial charge in [-0.3, -0.25) is 0 Å². The molecule has 4 aliphatic heterocycles. The predicted octanol–water partition coefficient (Wildman–Crippen LogP) is -9.31. The highest BCUT2D eigenvalue weighted by Gasteiger charge is 2.62. The molecule has 4 heterocycles. The van der Waals surface area contributed by atoms with E-state index in [4.69, 9.17) is 33.2 Å². The monoisotopic (exact) mass is 694 g/mol. The summed E-state index contributed by atoms with van der Waals surface area (Å²) in [5.41, 5.74) is -1.76. The molecule has 0 bridgehead atoms. The molecule has 4 fully saturated rings. The van der Waals surface area contributed by atoms with E-state index in [9.17, 15) is 71.5 Å². The number of hydrogen-bond donors (Lipinski definition) is 14. The van der Waals surface area contributed by atoms with Crippen molar-refractivity contribution in [2.75, 3.05) is 52.9 Å². The topological polar surface area (TPSA) is 348 Å². The first-order valence-corrected chi connectivity index (χ1v) is 15.0. The molecule has 21 nitrogen and oxygen atoms in total. The third kappa shape index (κ3) is 7.19. The van der Waals surface area contributed by atoms with Gasteiger partial charge in [-0.1, -0.05) is 0 Å². The van der Waals surface area contributed by atoms with Crippen molar-refractivity contribution in [3.05, 3.63) is 0 Å². The Morgan fingerprint density at radius 2 is 1.02 bits per heavy atom. The second kappa shape index (κ2) is 15.6. The van der Waals surface area contributed by atoms with Gasteiger partial charge in [0.15, 0.2) is 6.29 Å². The molecule has 5 unspecified atom stereocenters. The molecule has 276 valence electrons. The molecule has 0 radical (unpaired) electrons. The lowest BCUT2D eigenvalue weighted by molar-refractivity contribution is -0.400. The summed E-state index contributed by atoms with van der Waals surface area (Å²) < 4.78 is 39.1. The summed E-state index contributed by atoms with van der Waals surface area (Å²) in [4.78, 5) is 0. The highest BCUT2D eigenvalue weighted by molar-refractivity contribution is 5.03. The molecule has 4 saturated heterocycles. The van der Waals surface area contributed by atoms with Crippen LogP contribution >= 0.6 is 0 Å². The van der Waals surface area contributed by atoms with Gasteiger partial charge in [-0.25, -0.2) is 0 Å². The van der Waals surface area contributed by atoms with Crippen LogP contribution in [0.2, 0.25) is 0 Å². The van der Waals surface area contributed by atoms with Crippen LogP contribution in [-0.2, 0) is 33.2 Å². The van der Waals surface area contributed by atoms with Gasteiger partial charge < -0.3 is 105 Å². The first-order chi connectivity index (χ1) is 22.2. The summed E-state index contributed by atoms with van der Waals surface area (Å²) >= 11 is 0. The van der Waals surface area contributed by atoms with E-state index in [0.29, 0.717) is 0 Å². The maximum atomic E-state index is 11.0. The molecule has 47 heavy (non-hydrogen) atoms. The standard InChI is InChI=1S/C26H46O21/c27-3-10-14(32)18(36)19(37)23(43-10)47-26(22(40)17(35)13(6-30)46-26)9-42-25(21(39)16(34)12(5-29)45-25)8-41-2-1-24(7-31)20(38)15(33)11(4-28)44-24/h10-23,27-40H,1-9H2/t10?,11-,12-,13-,14-,15?,16?,17?,18+,19?,20-,21-,22-,23+,24-,25+,26+/m1/s1. The van der Waals surface area contributed by atoms with E-state index in [2.05, 4.69) is 0 Å². The Bertz CT molecular complexity index is 994. The highest BCUT2D eigenvalue weighted by atomic mass is 16.8. The fourth-order valence-corrected chi connectivity index (χ4v) is 6.10. The van der Waals surface area contributed by atoms with Crippen molar-refractivity contribution in [3.8, 4) is 0 Å². The minimum absolute atomic E-state index is 0.285. The lowest BCUT2D eigenvalue weighted by Crippen LogP contribution is -2.63. The average Bonchev–Trinajstić information content (AvgIpc) is 3.58. The average molecular weight is 695 g/mol. The van der Waals surface area contributed by atoms with Gasteiger partial charge in [-0.05, 0) is 0 Å². The Hall–Kier alpha value is -0.840. The van der Waals surface area contributed by atoms with E-state index < -0.39 is 149 Å². The maximum absolute atomic E-state index is 11.0. The molecule has 0 aromatic heterocycles. The molecule has 0 amide bonds. The largest absolute Gasteiger partial charge is 0.394 e. The summed E-state index contributed by atoms with van der Waals surface area (Å²) in [6, 6.07) is 0. The van der Waals surface area contributed by atoms with Crippen LogP contribution in [0.5, 0.6) is 0 Å². The second-order valence-corrected chi connectivity index (χ2v) is 12.1. The van der Waals surface area contributed by atoms with E-state index in [-0.39, 0.29) is 13.0 Å². The minimum Gasteiger partial charge on any atom is -0.394 e. The lowest BCUT2D eigenvalue weighted by atomic mass is 9.92. The van der Waals surface area contributed by atoms with Gasteiger partial charge in [-0.2, -0.15) is 0 Å². The molecular weight excluding hydrogens is 648 g/mol. The fraction of sp³-hybridized carbons (Fsp3) is 1.00. The molecule has 14 N–H and O–H groups in total. The molecule has 0 aliphatic carbocycles. The molecule has 0 aromatic carbocycles. The van der Waals surface area contributed by atoms with Crippen LogP contribution in [-0.4, -0.2) is 227 Å². The maximum Gasteiger partial charge on any atom is 0.224 e. The zero-order valence-corrected chi connectivity index (χ0v) is 25.1. The minimum atomic E-state index is -2.60. The molecule has 4 aliphatic rings. The quantitative estimate of drug-likeness (QED) is 0.0707. The molecule has 0 spiro atoms. The number of rotatable bonds is 15. The first-order valence-electron chi connectivity index (χ1n) is 15.0. The van der Waals surface area contributed by atoms with Gasteiger partial charge in [0.1, 0.15) is 98.2 Å². The van der Waals surface area contributed by atoms with Crippen LogP contribution < -0.4 is 0 Å². The molecule has 4 rings (SSSR count). The van der Waals surface area contributed by atoms with Crippen molar-refractivity contribution in [1.82, 2.24) is 0 Å². The van der Waals surface area contributed by atoms with Crippen molar-refractivity contribution in [2.24, 2.45) is 0 Å². The lowest BCUT2D eigenvalue weighted by Gasteiger charge is -2.44. The Balaban J connectivity index is 1.55. The van der Waals surface area contributed by atoms with E-state index in [1.165, 1.54) is 0 Å². The van der Waals surface area contributed by atoms with Crippen LogP contribution in [0.1, 0.15) is 6.42 Å². The summed E-state index contributed by atoms with van der Waals surface area (Å²) in [5, 5.41) is 143. The summed E-state index contributed by atoms with van der Waals surface area (Å²) in [6.07, 6.45) is -24.5. The molecule has 17 atom stereocenters. The smallest absolute Gasteiger partial charge is 0.224 e. The van der Waals surface area contributed by atoms with Crippen molar-refractivity contribution in [1.29, 1.82) is 0 Å². The normalized spacial score (nSPS) is 50.4. The predicted molar refractivity (Wildman–Crippen MR) is 143 cm³/mol. The van der Waals surface area contributed by atoms with Gasteiger partial charge in [0, 0.05) is 13.0 Å². The molecule has 21 heteroatoms. The fourth-order valence-electron chi connectivity index (χ4n) is 6.10. The first kappa shape index (κ1) is 39.0. The number of hydrogen-bond acceptors (Lipinski definition) is 21. The highest BCUT2D eigenvalue weighted by Crippen LogP contribution is 2.40. The van der Waals surface area contributed by atoms with Crippen LogP contribution in [0.15, 0.2) is 0 Å². The molecular formula is C26H46O21. The van der Waals surface area contributed by atoms with Gasteiger partial charge >= 0.3 is 0 Å².